The zero-order valence-corrected chi connectivity index (χ0v) is 18.6. The lowest BCUT2D eigenvalue weighted by Crippen LogP contribution is -2.11. The van der Waals surface area contributed by atoms with Crippen molar-refractivity contribution in [3.05, 3.63) is 82.3 Å². The highest BCUT2D eigenvalue weighted by Crippen LogP contribution is 2.28. The van der Waals surface area contributed by atoms with Crippen LogP contribution in [-0.2, 0) is 6.61 Å². The Morgan fingerprint density at radius 2 is 1.94 bits per heavy atom. The summed E-state index contributed by atoms with van der Waals surface area (Å²) in [5.74, 6) is 0.213. The van der Waals surface area contributed by atoms with Gasteiger partial charge in [0.05, 0.1) is 41.7 Å². The largest absolute Gasteiger partial charge is 0.390 e. The Bertz CT molecular complexity index is 1280. The van der Waals surface area contributed by atoms with Crippen molar-refractivity contribution in [2.75, 3.05) is 5.32 Å². The van der Waals surface area contributed by atoms with Crippen LogP contribution in [0.4, 0.5) is 10.2 Å². The van der Waals surface area contributed by atoms with Crippen LogP contribution >= 0.6 is 11.6 Å². The second kappa shape index (κ2) is 9.02. The third kappa shape index (κ3) is 4.46. The van der Waals surface area contributed by atoms with Gasteiger partial charge in [-0.3, -0.25) is 0 Å². The molecule has 0 saturated carbocycles. The van der Waals surface area contributed by atoms with Crippen LogP contribution in [0.25, 0.3) is 17.1 Å². The molecule has 1 atom stereocenters. The number of aliphatic hydroxyl groups is 1. The van der Waals surface area contributed by atoms with Gasteiger partial charge in [0, 0.05) is 11.2 Å². The number of aliphatic hydroxyl groups excluding tert-OH is 1. The number of aromatic nitrogens is 5. The number of hydrogen-bond acceptors (Lipinski definition) is 6. The molecular weight excluding hydrogens is 431 g/mol. The fraction of sp³-hybridized carbons (Fsp3) is 0.217. The number of anilines is 1. The number of nitrogens with zero attached hydrogens (tertiary/aromatic N) is 5. The molecule has 3 aromatic heterocycles. The molecule has 0 unspecified atom stereocenters. The third-order valence-corrected chi connectivity index (χ3v) is 5.45. The zero-order chi connectivity index (χ0) is 22.8. The number of pyridine rings is 1. The normalized spacial score (nSPS) is 12.1. The predicted molar refractivity (Wildman–Crippen MR) is 121 cm³/mol. The van der Waals surface area contributed by atoms with Crippen LogP contribution in [0.15, 0.2) is 48.9 Å². The maximum Gasteiger partial charge on any atom is 0.152 e. The highest BCUT2D eigenvalue weighted by atomic mass is 35.5. The van der Waals surface area contributed by atoms with Crippen molar-refractivity contribution >= 4 is 17.4 Å². The van der Waals surface area contributed by atoms with Crippen molar-refractivity contribution in [1.29, 1.82) is 0 Å². The van der Waals surface area contributed by atoms with E-state index in [9.17, 15) is 9.50 Å². The van der Waals surface area contributed by atoms with Gasteiger partial charge in [0.25, 0.3) is 0 Å². The van der Waals surface area contributed by atoms with E-state index in [0.717, 1.165) is 22.5 Å². The average molecular weight is 453 g/mol. The first kappa shape index (κ1) is 21.9. The second-order valence-electron chi connectivity index (χ2n) is 7.54. The molecule has 9 heteroatoms. The first-order valence-electron chi connectivity index (χ1n) is 10.0. The predicted octanol–water partition coefficient (Wildman–Crippen LogP) is 4.80. The minimum Gasteiger partial charge on any atom is -0.390 e. The number of hydrogen-bond donors (Lipinski definition) is 2. The highest BCUT2D eigenvalue weighted by molar-refractivity contribution is 6.31. The Morgan fingerprint density at radius 1 is 1.12 bits per heavy atom. The van der Waals surface area contributed by atoms with Gasteiger partial charge in [-0.05, 0) is 62.2 Å². The fourth-order valence-electron chi connectivity index (χ4n) is 3.43. The molecule has 0 bridgehead atoms. The summed E-state index contributed by atoms with van der Waals surface area (Å²) in [6, 6.07) is 9.70. The summed E-state index contributed by atoms with van der Waals surface area (Å²) < 4.78 is 15.2. The van der Waals surface area contributed by atoms with Crippen LogP contribution in [0.2, 0.25) is 5.02 Å². The summed E-state index contributed by atoms with van der Waals surface area (Å²) >= 11 is 6.17. The SMILES string of the molecule is Cc1cn(-c2ccc(-c3cc(C)c(N[C@H](C)c4ccc(F)cc4Cl)nn3)nc2CO)cn1. The lowest BCUT2D eigenvalue weighted by Gasteiger charge is -2.17. The monoisotopic (exact) mass is 452 g/mol. The maximum absolute atomic E-state index is 13.3. The Kier molecular flexibility index (Phi) is 6.16. The summed E-state index contributed by atoms with van der Waals surface area (Å²) in [6.07, 6.45) is 3.55. The van der Waals surface area contributed by atoms with Crippen molar-refractivity contribution in [3.63, 3.8) is 0 Å². The topological polar surface area (TPSA) is 88.8 Å². The summed E-state index contributed by atoms with van der Waals surface area (Å²) in [5, 5.41) is 22.1. The quantitative estimate of drug-likeness (QED) is 0.437. The van der Waals surface area contributed by atoms with Gasteiger partial charge in [-0.15, -0.1) is 10.2 Å². The minimum atomic E-state index is -0.379. The molecule has 3 heterocycles. The van der Waals surface area contributed by atoms with Crippen LogP contribution in [-0.4, -0.2) is 29.8 Å². The van der Waals surface area contributed by atoms with Crippen molar-refractivity contribution in [3.8, 4) is 17.1 Å². The van der Waals surface area contributed by atoms with E-state index in [1.54, 1.807) is 12.4 Å². The number of halogens is 2. The van der Waals surface area contributed by atoms with E-state index in [0.29, 0.717) is 27.9 Å². The Morgan fingerprint density at radius 3 is 2.59 bits per heavy atom. The number of imidazole rings is 1. The third-order valence-electron chi connectivity index (χ3n) is 5.12. The molecule has 4 aromatic rings. The molecule has 0 spiro atoms. The Labute approximate surface area is 190 Å². The molecule has 0 aliphatic carbocycles. The molecule has 0 saturated heterocycles. The number of nitrogens with one attached hydrogen (secondary N) is 1. The molecule has 0 aliphatic rings. The van der Waals surface area contributed by atoms with Gasteiger partial charge in [-0.2, -0.15) is 0 Å². The average Bonchev–Trinajstić information content (AvgIpc) is 3.20. The lowest BCUT2D eigenvalue weighted by atomic mass is 10.1. The molecule has 0 amide bonds. The minimum absolute atomic E-state index is 0.195. The fourth-order valence-corrected chi connectivity index (χ4v) is 3.76. The molecule has 0 fully saturated rings. The molecule has 1 aromatic carbocycles. The van der Waals surface area contributed by atoms with E-state index in [4.69, 9.17) is 11.6 Å². The zero-order valence-electron chi connectivity index (χ0n) is 17.8. The smallest absolute Gasteiger partial charge is 0.152 e. The van der Waals surface area contributed by atoms with Crippen molar-refractivity contribution < 1.29 is 9.50 Å². The van der Waals surface area contributed by atoms with Gasteiger partial charge in [0.1, 0.15) is 11.5 Å². The number of aryl methyl sites for hydroxylation is 2. The standard InChI is InChI=1S/C23H22ClFN6O/c1-13-8-20(19-6-7-22(21(11-32)28-19)31-10-14(2)26-12-31)29-30-23(13)27-15(3)17-5-4-16(25)9-18(17)24/h4-10,12,15,32H,11H2,1-3H3,(H,27,30)/t15-/m1/s1. The Balaban J connectivity index is 1.59. The van der Waals surface area contributed by atoms with Crippen LogP contribution < -0.4 is 5.32 Å². The first-order valence-corrected chi connectivity index (χ1v) is 10.4. The highest BCUT2D eigenvalue weighted by Gasteiger charge is 2.15. The van der Waals surface area contributed by atoms with E-state index < -0.39 is 0 Å². The van der Waals surface area contributed by atoms with Crippen LogP contribution in [0, 0.1) is 19.7 Å². The summed E-state index contributed by atoms with van der Waals surface area (Å²) in [6.45, 7) is 5.51. The number of benzene rings is 1. The molecule has 0 radical (unpaired) electrons. The van der Waals surface area contributed by atoms with E-state index >= 15 is 0 Å². The maximum atomic E-state index is 13.3. The van der Waals surface area contributed by atoms with Crippen molar-refractivity contribution in [1.82, 2.24) is 24.7 Å². The van der Waals surface area contributed by atoms with Gasteiger partial charge in [-0.25, -0.2) is 14.4 Å². The summed E-state index contributed by atoms with van der Waals surface area (Å²) in [4.78, 5) is 8.79. The first-order chi connectivity index (χ1) is 15.4. The molecule has 0 aliphatic heterocycles. The van der Waals surface area contributed by atoms with Gasteiger partial charge in [0.2, 0.25) is 0 Å². The lowest BCUT2D eigenvalue weighted by molar-refractivity contribution is 0.276. The molecule has 4 rings (SSSR count). The molecule has 2 N–H and O–H groups in total. The van der Waals surface area contributed by atoms with Crippen molar-refractivity contribution in [2.45, 2.75) is 33.4 Å². The number of rotatable bonds is 6. The van der Waals surface area contributed by atoms with Crippen LogP contribution in [0.5, 0.6) is 0 Å². The molecular formula is C23H22ClFN6O. The van der Waals surface area contributed by atoms with Gasteiger partial charge >= 0.3 is 0 Å². The van der Waals surface area contributed by atoms with Gasteiger partial charge in [0.15, 0.2) is 5.82 Å². The van der Waals surface area contributed by atoms with Gasteiger partial charge in [-0.1, -0.05) is 17.7 Å². The van der Waals surface area contributed by atoms with E-state index in [2.05, 4.69) is 25.5 Å². The van der Waals surface area contributed by atoms with Crippen LogP contribution in [0.1, 0.15) is 35.5 Å². The van der Waals surface area contributed by atoms with Crippen molar-refractivity contribution in [2.24, 2.45) is 0 Å². The van der Waals surface area contributed by atoms with Crippen LogP contribution in [0.3, 0.4) is 0 Å². The summed E-state index contributed by atoms with van der Waals surface area (Å²) in [7, 11) is 0. The van der Waals surface area contributed by atoms with Gasteiger partial charge < -0.3 is 15.0 Å². The van der Waals surface area contributed by atoms with E-state index in [-0.39, 0.29) is 18.5 Å². The molecule has 32 heavy (non-hydrogen) atoms. The summed E-state index contributed by atoms with van der Waals surface area (Å²) in [5.41, 5.74) is 4.96. The van der Waals surface area contributed by atoms with E-state index in [1.165, 1.54) is 12.1 Å². The Hall–Kier alpha value is -3.36. The molecule has 7 nitrogen and oxygen atoms in total. The van der Waals surface area contributed by atoms with E-state index in [1.807, 2.05) is 49.7 Å². The molecule has 164 valence electrons. The second-order valence-corrected chi connectivity index (χ2v) is 7.94.